The standard InChI is InChI=1S/C22H23F3N4O6S.C21H20F3N5O5S/c1-35-18-6-4-17(5-7-18)29(21(32)28-8-10-36(33,34)11-9-28)14-16-3-2-15(12-26-16)19(30)13-27-20(31)22(23,24)25;1-33-17-6-4-16(5-7-17)29(20(30)28-8-10-35(31,32)11-9-28)13-15-3-2-14(12-25-15)18-26-27-19(34-18)21(22,23)24/h2-7,12H,8-11,13-14H2,1H3,(H,27,31);2-7,12H,8-11,13H2,1H3. The number of sulfone groups is 2. The third-order valence-corrected chi connectivity index (χ3v) is 13.9. The number of alkyl halides is 6. The van der Waals surface area contributed by atoms with E-state index in [4.69, 9.17) is 9.47 Å². The summed E-state index contributed by atoms with van der Waals surface area (Å²) >= 11 is 0. The topological polar surface area (TPSA) is 245 Å². The number of carbonyl (C=O) groups excluding carboxylic acids is 4. The highest BCUT2D eigenvalue weighted by Crippen LogP contribution is 2.31. The van der Waals surface area contributed by atoms with E-state index in [2.05, 4.69) is 24.6 Å². The molecule has 7 rings (SSSR count). The largest absolute Gasteiger partial charge is 0.497 e. The Morgan fingerprint density at radius 1 is 0.648 bits per heavy atom. The van der Waals surface area contributed by atoms with Crippen LogP contribution in [-0.2, 0) is 43.7 Å². The van der Waals surface area contributed by atoms with Crippen LogP contribution >= 0.6 is 0 Å². The molecule has 5 aromatic rings. The number of aromatic nitrogens is 4. The lowest BCUT2D eigenvalue weighted by molar-refractivity contribution is -0.173. The molecule has 0 radical (unpaired) electrons. The summed E-state index contributed by atoms with van der Waals surface area (Å²) < 4.78 is 137. The lowest BCUT2D eigenvalue weighted by Crippen LogP contribution is -2.49. The maximum atomic E-state index is 13.3. The molecule has 0 bridgehead atoms. The molecule has 28 heteroatoms. The van der Waals surface area contributed by atoms with Crippen molar-refractivity contribution in [1.29, 1.82) is 0 Å². The summed E-state index contributed by atoms with van der Waals surface area (Å²) in [5.41, 5.74) is 1.97. The Morgan fingerprint density at radius 3 is 1.46 bits per heavy atom. The molecule has 1 N–H and O–H groups in total. The Balaban J connectivity index is 0.000000232. The minimum absolute atomic E-state index is 0.0202. The predicted molar refractivity (Wildman–Crippen MR) is 240 cm³/mol. The Labute approximate surface area is 401 Å². The number of nitrogens with one attached hydrogen (secondary N) is 1. The first kappa shape index (κ1) is 53.0. The molecular formula is C43H43F6N9O11S2. The molecule has 5 heterocycles. The van der Waals surface area contributed by atoms with Crippen LogP contribution in [0.3, 0.4) is 0 Å². The van der Waals surface area contributed by atoms with Crippen molar-refractivity contribution in [3.8, 4) is 23.0 Å². The zero-order valence-corrected chi connectivity index (χ0v) is 39.1. The van der Waals surface area contributed by atoms with Crippen molar-refractivity contribution >= 4 is 54.8 Å². The molecule has 2 fully saturated rings. The quantitative estimate of drug-likeness (QED) is 0.130. The van der Waals surface area contributed by atoms with Crippen LogP contribution in [-0.4, -0.2) is 147 Å². The highest BCUT2D eigenvalue weighted by molar-refractivity contribution is 7.91. The number of methoxy groups -OCH3 is 2. The van der Waals surface area contributed by atoms with E-state index in [1.807, 2.05) is 0 Å². The van der Waals surface area contributed by atoms with Crippen molar-refractivity contribution in [3.05, 3.63) is 108 Å². The number of halogens is 6. The fourth-order valence-electron chi connectivity index (χ4n) is 6.68. The van der Waals surface area contributed by atoms with Gasteiger partial charge in [0.25, 0.3) is 0 Å². The number of ketones is 1. The third-order valence-electron chi connectivity index (χ3n) is 10.7. The Bertz CT molecular complexity index is 2880. The second-order valence-electron chi connectivity index (χ2n) is 15.5. The van der Waals surface area contributed by atoms with Gasteiger partial charge < -0.3 is 29.0 Å². The van der Waals surface area contributed by atoms with Crippen molar-refractivity contribution < 1.29 is 76.2 Å². The third kappa shape index (κ3) is 14.4. The zero-order chi connectivity index (χ0) is 51.7. The van der Waals surface area contributed by atoms with Gasteiger partial charge in [0.15, 0.2) is 25.5 Å². The predicted octanol–water partition coefficient (Wildman–Crippen LogP) is 4.82. The van der Waals surface area contributed by atoms with Gasteiger partial charge in [-0.3, -0.25) is 29.4 Å². The number of hydrogen-bond acceptors (Lipinski definition) is 15. The summed E-state index contributed by atoms with van der Waals surface area (Å²) in [6, 6.07) is 18.2. The molecule has 0 saturated carbocycles. The van der Waals surface area contributed by atoms with Crippen LogP contribution in [0.5, 0.6) is 11.5 Å². The molecule has 2 saturated heterocycles. The van der Waals surface area contributed by atoms with Gasteiger partial charge in [-0.25, -0.2) is 26.4 Å². The number of pyridine rings is 2. The van der Waals surface area contributed by atoms with Crippen LogP contribution in [0.1, 0.15) is 27.6 Å². The monoisotopic (exact) mass is 1040 g/mol. The van der Waals surface area contributed by atoms with Gasteiger partial charge in [-0.1, -0.05) is 0 Å². The van der Waals surface area contributed by atoms with Crippen LogP contribution in [0.25, 0.3) is 11.5 Å². The van der Waals surface area contributed by atoms with Gasteiger partial charge in [-0.05, 0) is 72.8 Å². The maximum Gasteiger partial charge on any atom is 0.471 e. The molecule has 2 aliphatic heterocycles. The van der Waals surface area contributed by atoms with Crippen LogP contribution in [0.4, 0.5) is 47.3 Å². The first-order valence-electron chi connectivity index (χ1n) is 21.0. The molecule has 380 valence electrons. The van der Waals surface area contributed by atoms with Gasteiger partial charge >= 0.3 is 36.2 Å². The second-order valence-corrected chi connectivity index (χ2v) is 20.1. The molecule has 2 aromatic carbocycles. The number of nitrogens with zero attached hydrogens (tertiary/aromatic N) is 8. The molecule has 0 spiro atoms. The Morgan fingerprint density at radius 2 is 1.10 bits per heavy atom. The van der Waals surface area contributed by atoms with Gasteiger partial charge in [0, 0.05) is 55.5 Å². The lowest BCUT2D eigenvalue weighted by atomic mass is 10.1. The van der Waals surface area contributed by atoms with Gasteiger partial charge in [-0.15, -0.1) is 10.2 Å². The number of anilines is 2. The van der Waals surface area contributed by atoms with E-state index in [1.54, 1.807) is 48.5 Å². The molecule has 0 aliphatic carbocycles. The molecular weight excluding hydrogens is 997 g/mol. The van der Waals surface area contributed by atoms with E-state index >= 15 is 0 Å². The van der Waals surface area contributed by atoms with Crippen molar-refractivity contribution in [1.82, 2.24) is 35.3 Å². The molecule has 20 nitrogen and oxygen atoms in total. The van der Waals surface area contributed by atoms with E-state index in [0.29, 0.717) is 34.3 Å². The first-order chi connectivity index (χ1) is 33.4. The van der Waals surface area contributed by atoms with E-state index in [1.165, 1.54) is 69.6 Å². The Kier molecular flexibility index (Phi) is 16.5. The van der Waals surface area contributed by atoms with Crippen molar-refractivity contribution in [2.75, 3.05) is 79.8 Å². The van der Waals surface area contributed by atoms with Crippen LogP contribution in [0.15, 0.2) is 89.6 Å². The highest BCUT2D eigenvalue weighted by atomic mass is 32.2. The molecule has 0 atom stereocenters. The summed E-state index contributed by atoms with van der Waals surface area (Å²) in [4.78, 5) is 63.7. The summed E-state index contributed by atoms with van der Waals surface area (Å²) in [5.74, 6) is -4.17. The van der Waals surface area contributed by atoms with Crippen LogP contribution < -0.4 is 24.6 Å². The van der Waals surface area contributed by atoms with Crippen LogP contribution in [0, 0.1) is 0 Å². The second kappa shape index (κ2) is 22.2. The molecule has 71 heavy (non-hydrogen) atoms. The van der Waals surface area contributed by atoms with Gasteiger partial charge in [0.2, 0.25) is 5.89 Å². The van der Waals surface area contributed by atoms with Gasteiger partial charge in [0.1, 0.15) is 11.5 Å². The van der Waals surface area contributed by atoms with Crippen molar-refractivity contribution in [2.45, 2.75) is 25.4 Å². The number of benzene rings is 2. The van der Waals surface area contributed by atoms with Gasteiger partial charge in [0.05, 0.1) is 73.8 Å². The van der Waals surface area contributed by atoms with Crippen LogP contribution in [0.2, 0.25) is 0 Å². The average molecular weight is 1040 g/mol. The minimum atomic E-state index is -5.10. The number of Topliss-reactive ketones (excluding diaryl/α,β-unsaturated/α-hetero) is 1. The number of amides is 5. The summed E-state index contributed by atoms with van der Waals surface area (Å²) in [5, 5.41) is 7.90. The number of rotatable bonds is 12. The maximum absolute atomic E-state index is 13.3. The van der Waals surface area contributed by atoms with E-state index in [9.17, 15) is 62.4 Å². The highest BCUT2D eigenvalue weighted by Gasteiger charge is 2.39. The molecule has 2 aliphatic rings. The van der Waals surface area contributed by atoms with E-state index in [-0.39, 0.29) is 79.3 Å². The molecule has 0 unspecified atom stereocenters. The lowest BCUT2D eigenvalue weighted by Gasteiger charge is -2.33. The fraction of sp³-hybridized carbons (Fsp3) is 0.349. The van der Waals surface area contributed by atoms with Crippen molar-refractivity contribution in [2.24, 2.45) is 0 Å². The average Bonchev–Trinajstić information content (AvgIpc) is 3.86. The Hall–Kier alpha value is -7.36. The number of urea groups is 2. The summed E-state index contributed by atoms with van der Waals surface area (Å²) in [6.07, 6.45) is -7.45. The summed E-state index contributed by atoms with van der Waals surface area (Å²) in [7, 11) is -3.37. The van der Waals surface area contributed by atoms with Gasteiger partial charge in [-0.2, -0.15) is 26.3 Å². The number of hydrogen-bond donors (Lipinski definition) is 1. The van der Waals surface area contributed by atoms with Crippen molar-refractivity contribution in [3.63, 3.8) is 0 Å². The van der Waals surface area contributed by atoms with E-state index in [0.717, 1.165) is 6.20 Å². The minimum Gasteiger partial charge on any atom is -0.497 e. The number of carbonyl (C=O) groups is 4. The fourth-order valence-corrected chi connectivity index (χ4v) is 9.08. The van der Waals surface area contributed by atoms with E-state index < -0.39 is 68.2 Å². The number of ether oxygens (including phenoxy) is 2. The zero-order valence-electron chi connectivity index (χ0n) is 37.5. The SMILES string of the molecule is COc1ccc(N(Cc2ccc(-c3nnc(C(F)(F)F)o3)cn2)C(=O)N2CCS(=O)(=O)CC2)cc1.COc1ccc(N(Cc2ccc(C(=O)CNC(=O)C(F)(F)F)cn2)C(=O)N2CCS(=O)(=O)CC2)cc1. The normalized spacial score (nSPS) is 15.4. The molecule has 5 amide bonds. The smallest absolute Gasteiger partial charge is 0.471 e. The first-order valence-corrected chi connectivity index (χ1v) is 24.6. The molecule has 3 aromatic heterocycles. The summed E-state index contributed by atoms with van der Waals surface area (Å²) in [6.45, 7) is -0.651.